The van der Waals surface area contributed by atoms with Crippen molar-refractivity contribution < 1.29 is 4.79 Å². The van der Waals surface area contributed by atoms with E-state index in [-0.39, 0.29) is 11.5 Å². The van der Waals surface area contributed by atoms with E-state index in [1.54, 1.807) is 4.52 Å². The van der Waals surface area contributed by atoms with Crippen LogP contribution in [0.25, 0.3) is 11.5 Å². The van der Waals surface area contributed by atoms with Crippen LogP contribution in [0.5, 0.6) is 0 Å². The molecule has 0 aliphatic rings. The minimum Gasteiger partial charge on any atom is -0.318 e. The lowest BCUT2D eigenvalue weighted by molar-refractivity contribution is 0.102. The Bertz CT molecular complexity index is 1220. The molecule has 0 fully saturated rings. The molecule has 0 atom stereocenters. The largest absolute Gasteiger partial charge is 0.318 e. The number of ketones is 1. The maximum absolute atomic E-state index is 12.9. The van der Waals surface area contributed by atoms with Gasteiger partial charge in [0.05, 0.1) is 5.75 Å². The summed E-state index contributed by atoms with van der Waals surface area (Å²) in [5.41, 5.74) is 6.89. The summed E-state index contributed by atoms with van der Waals surface area (Å²) >= 11 is 1.34. The highest BCUT2D eigenvalue weighted by Gasteiger charge is 2.18. The summed E-state index contributed by atoms with van der Waals surface area (Å²) in [5.74, 6) is 0.920. The van der Waals surface area contributed by atoms with Gasteiger partial charge in [0, 0.05) is 34.0 Å². The summed E-state index contributed by atoms with van der Waals surface area (Å²) in [6, 6.07) is 12.2. The second kappa shape index (κ2) is 7.48. The lowest BCUT2D eigenvalue weighted by Crippen LogP contribution is -2.06. The van der Waals surface area contributed by atoms with Crippen molar-refractivity contribution in [2.24, 2.45) is 0 Å². The molecule has 0 amide bonds. The number of rotatable bonds is 5. The third kappa shape index (κ3) is 3.70. The number of benzene rings is 1. The molecule has 148 valence electrons. The van der Waals surface area contributed by atoms with Crippen molar-refractivity contribution in [1.29, 1.82) is 0 Å². The summed E-state index contributed by atoms with van der Waals surface area (Å²) in [6.07, 6.45) is 0. The Balaban J connectivity index is 1.56. The number of Topliss-reactive ketones (excluding diaryl/α,β-unsaturated/α-hetero) is 1. The van der Waals surface area contributed by atoms with Gasteiger partial charge in [0.25, 0.3) is 5.78 Å². The molecule has 0 unspecified atom stereocenters. The standard InChI is InChI=1S/C22H23N5OS/c1-13-6-8-18(9-7-13)26-15(3)11-19(17(26)5)20(28)12-29-22-24-21-23-14(2)10-16(4)27(21)25-22/h6-11H,12H2,1-5H3. The van der Waals surface area contributed by atoms with Crippen molar-refractivity contribution in [1.82, 2.24) is 24.1 Å². The summed E-state index contributed by atoms with van der Waals surface area (Å²) in [6.45, 7) is 9.98. The summed E-state index contributed by atoms with van der Waals surface area (Å²) < 4.78 is 3.83. The summed E-state index contributed by atoms with van der Waals surface area (Å²) in [5, 5.41) is 5.03. The SMILES string of the molecule is Cc1ccc(-n2c(C)cc(C(=O)CSc3nc4nc(C)cc(C)n4n3)c2C)cc1. The lowest BCUT2D eigenvalue weighted by atomic mass is 10.2. The Morgan fingerprint density at radius 3 is 2.41 bits per heavy atom. The van der Waals surface area contributed by atoms with Gasteiger partial charge in [0.2, 0.25) is 5.16 Å². The average molecular weight is 406 g/mol. The quantitative estimate of drug-likeness (QED) is 0.363. The molecule has 0 saturated carbocycles. The minimum atomic E-state index is 0.0705. The van der Waals surface area contributed by atoms with E-state index < -0.39 is 0 Å². The third-order valence-electron chi connectivity index (χ3n) is 4.95. The van der Waals surface area contributed by atoms with Crippen LogP contribution in [0.2, 0.25) is 0 Å². The van der Waals surface area contributed by atoms with Gasteiger partial charge in [-0.05, 0) is 58.9 Å². The van der Waals surface area contributed by atoms with Crippen molar-refractivity contribution >= 4 is 23.3 Å². The molecule has 0 N–H and O–H groups in total. The molecule has 7 heteroatoms. The van der Waals surface area contributed by atoms with Crippen molar-refractivity contribution in [2.45, 2.75) is 39.8 Å². The highest BCUT2D eigenvalue weighted by Crippen LogP contribution is 2.24. The summed E-state index contributed by atoms with van der Waals surface area (Å²) in [4.78, 5) is 21.8. The maximum Gasteiger partial charge on any atom is 0.253 e. The molecule has 4 aromatic rings. The minimum absolute atomic E-state index is 0.0705. The van der Waals surface area contributed by atoms with Gasteiger partial charge in [-0.3, -0.25) is 4.79 Å². The van der Waals surface area contributed by atoms with Crippen LogP contribution in [0.4, 0.5) is 0 Å². The van der Waals surface area contributed by atoms with Gasteiger partial charge in [-0.25, -0.2) is 9.50 Å². The first kappa shape index (κ1) is 19.4. The van der Waals surface area contributed by atoms with Crippen LogP contribution in [-0.4, -0.2) is 35.7 Å². The molecule has 0 radical (unpaired) electrons. The van der Waals surface area contributed by atoms with Gasteiger partial charge >= 0.3 is 0 Å². The molecular formula is C22H23N5OS. The van der Waals surface area contributed by atoms with Crippen molar-refractivity contribution in [3.63, 3.8) is 0 Å². The molecule has 0 saturated heterocycles. The van der Waals surface area contributed by atoms with E-state index in [9.17, 15) is 4.79 Å². The van der Waals surface area contributed by atoms with Gasteiger partial charge in [0.15, 0.2) is 5.78 Å². The number of thioether (sulfide) groups is 1. The highest BCUT2D eigenvalue weighted by molar-refractivity contribution is 7.99. The first-order valence-corrected chi connectivity index (χ1v) is 10.4. The Labute approximate surface area is 174 Å². The monoisotopic (exact) mass is 405 g/mol. The van der Waals surface area contributed by atoms with E-state index in [1.807, 2.05) is 39.8 Å². The number of fused-ring (bicyclic) bond motifs is 1. The van der Waals surface area contributed by atoms with Gasteiger partial charge < -0.3 is 4.57 Å². The van der Waals surface area contributed by atoms with Crippen LogP contribution in [0.1, 0.15) is 38.7 Å². The lowest BCUT2D eigenvalue weighted by Gasteiger charge is -2.10. The van der Waals surface area contributed by atoms with Crippen LogP contribution in [0.3, 0.4) is 0 Å². The van der Waals surface area contributed by atoms with Gasteiger partial charge in [-0.2, -0.15) is 4.98 Å². The molecular weight excluding hydrogens is 382 g/mol. The number of hydrogen-bond donors (Lipinski definition) is 0. The highest BCUT2D eigenvalue weighted by atomic mass is 32.2. The van der Waals surface area contributed by atoms with E-state index in [0.29, 0.717) is 10.9 Å². The fourth-order valence-electron chi connectivity index (χ4n) is 3.55. The number of hydrogen-bond acceptors (Lipinski definition) is 5. The Morgan fingerprint density at radius 1 is 0.966 bits per heavy atom. The van der Waals surface area contributed by atoms with Gasteiger partial charge in [-0.1, -0.05) is 29.5 Å². The molecule has 0 bridgehead atoms. The van der Waals surface area contributed by atoms with E-state index >= 15 is 0 Å². The van der Waals surface area contributed by atoms with Crippen molar-refractivity contribution in [2.75, 3.05) is 5.75 Å². The summed E-state index contributed by atoms with van der Waals surface area (Å²) in [7, 11) is 0. The molecule has 3 heterocycles. The number of carbonyl (C=O) groups is 1. The zero-order valence-electron chi connectivity index (χ0n) is 17.2. The fraction of sp³-hybridized carbons (Fsp3) is 0.273. The van der Waals surface area contributed by atoms with Crippen LogP contribution >= 0.6 is 11.8 Å². The molecule has 6 nitrogen and oxygen atoms in total. The Kier molecular flexibility index (Phi) is 5.00. The molecule has 3 aromatic heterocycles. The number of aryl methyl sites for hydroxylation is 4. The van der Waals surface area contributed by atoms with Crippen molar-refractivity contribution in [3.8, 4) is 5.69 Å². The van der Waals surface area contributed by atoms with Crippen LogP contribution in [-0.2, 0) is 0 Å². The Morgan fingerprint density at radius 2 is 1.69 bits per heavy atom. The smallest absolute Gasteiger partial charge is 0.253 e. The zero-order valence-corrected chi connectivity index (χ0v) is 18.0. The predicted octanol–water partition coefficient (Wildman–Crippen LogP) is 4.43. The van der Waals surface area contributed by atoms with Crippen LogP contribution in [0, 0.1) is 34.6 Å². The molecule has 29 heavy (non-hydrogen) atoms. The molecule has 1 aromatic carbocycles. The maximum atomic E-state index is 12.9. The van der Waals surface area contributed by atoms with E-state index in [4.69, 9.17) is 0 Å². The second-order valence-electron chi connectivity index (χ2n) is 7.31. The Hall–Kier alpha value is -2.93. The molecule has 4 rings (SSSR count). The fourth-order valence-corrected chi connectivity index (χ4v) is 4.25. The topological polar surface area (TPSA) is 65.1 Å². The first-order chi connectivity index (χ1) is 13.8. The zero-order chi connectivity index (χ0) is 20.7. The van der Waals surface area contributed by atoms with E-state index in [1.165, 1.54) is 17.3 Å². The van der Waals surface area contributed by atoms with E-state index in [0.717, 1.165) is 34.0 Å². The van der Waals surface area contributed by atoms with Crippen LogP contribution in [0.15, 0.2) is 41.6 Å². The number of aromatic nitrogens is 5. The van der Waals surface area contributed by atoms with E-state index in [2.05, 4.69) is 50.8 Å². The molecule has 0 aliphatic heterocycles. The van der Waals surface area contributed by atoms with Crippen LogP contribution < -0.4 is 0 Å². The number of carbonyl (C=O) groups excluding carboxylic acids is 1. The van der Waals surface area contributed by atoms with Gasteiger partial charge in [0.1, 0.15) is 0 Å². The predicted molar refractivity (Wildman–Crippen MR) is 115 cm³/mol. The van der Waals surface area contributed by atoms with Crippen molar-refractivity contribution in [3.05, 3.63) is 70.3 Å². The third-order valence-corrected chi connectivity index (χ3v) is 5.79. The normalized spacial score (nSPS) is 11.3. The van der Waals surface area contributed by atoms with Gasteiger partial charge in [-0.15, -0.1) is 5.10 Å². The molecule has 0 spiro atoms. The average Bonchev–Trinajstić information content (AvgIpc) is 3.21. The first-order valence-electron chi connectivity index (χ1n) is 9.46. The number of nitrogens with zero attached hydrogens (tertiary/aromatic N) is 5. The second-order valence-corrected chi connectivity index (χ2v) is 8.26. The molecule has 0 aliphatic carbocycles.